The fraction of sp³-hybridized carbons (Fsp3) is 0.500. The Hall–Kier alpha value is -0.563. The summed E-state index contributed by atoms with van der Waals surface area (Å²) in [5.74, 6) is 0. The average molecular weight is 193 g/mol. The van der Waals surface area contributed by atoms with Crippen molar-refractivity contribution >= 4 is 8.80 Å². The lowest BCUT2D eigenvalue weighted by Crippen LogP contribution is -2.07. The Bertz CT molecular complexity index is 144. The van der Waals surface area contributed by atoms with Gasteiger partial charge >= 0.3 is 0 Å². The van der Waals surface area contributed by atoms with E-state index in [2.05, 4.69) is 57.2 Å². The van der Waals surface area contributed by atoms with Gasteiger partial charge in [-0.2, -0.15) is 0 Å². The number of rotatable bonds is 6. The Kier molecular flexibility index (Phi) is 9.11. The van der Waals surface area contributed by atoms with Crippen molar-refractivity contribution in [1.82, 2.24) is 0 Å². The summed E-state index contributed by atoms with van der Waals surface area (Å²) in [5.41, 5.74) is 0. The molecule has 0 bridgehead atoms. The zero-order valence-electron chi connectivity index (χ0n) is 9.09. The van der Waals surface area contributed by atoms with Gasteiger partial charge in [0.25, 0.3) is 0 Å². The lowest BCUT2D eigenvalue weighted by atomic mass is 10.6. The van der Waals surface area contributed by atoms with E-state index < -0.39 is 0 Å². The maximum atomic E-state index is 2.31. The summed E-state index contributed by atoms with van der Waals surface area (Å²) >= 11 is 0. The molecule has 0 aliphatic carbocycles. The summed E-state index contributed by atoms with van der Waals surface area (Å²) in [6.45, 7) is 6.31. The van der Waals surface area contributed by atoms with Crippen LogP contribution in [0, 0.1) is 0 Å². The molecule has 0 saturated carbocycles. The Morgan fingerprint density at radius 1 is 0.692 bits per heavy atom. The third kappa shape index (κ3) is 7.79. The Balaban J connectivity index is 3.86. The minimum Gasteiger partial charge on any atom is -0.0920 e. The van der Waals surface area contributed by atoms with Gasteiger partial charge in [0.15, 0.2) is 0 Å². The molecule has 0 N–H and O–H groups in total. The van der Waals surface area contributed by atoms with Crippen LogP contribution >= 0.6 is 0 Å². The van der Waals surface area contributed by atoms with E-state index in [1.165, 1.54) is 18.1 Å². The second kappa shape index (κ2) is 9.52. The van der Waals surface area contributed by atoms with Crippen LogP contribution < -0.4 is 0 Å². The molecule has 0 saturated heterocycles. The predicted molar refractivity (Wildman–Crippen MR) is 64.6 cm³/mol. The fourth-order valence-corrected chi connectivity index (χ4v) is 3.31. The van der Waals surface area contributed by atoms with E-state index in [9.17, 15) is 0 Å². The second-order valence-electron chi connectivity index (χ2n) is 3.07. The molecule has 1 radical (unpaired) electrons. The van der Waals surface area contributed by atoms with E-state index in [0.29, 0.717) is 0 Å². The minimum atomic E-state index is -0.193. The van der Waals surface area contributed by atoms with Crippen LogP contribution in [0.3, 0.4) is 0 Å². The highest BCUT2D eigenvalue weighted by molar-refractivity contribution is 6.60. The van der Waals surface area contributed by atoms with Crippen LogP contribution in [-0.2, 0) is 0 Å². The molecule has 0 fully saturated rings. The van der Waals surface area contributed by atoms with E-state index in [4.69, 9.17) is 0 Å². The van der Waals surface area contributed by atoms with Gasteiger partial charge in [0.05, 0.1) is 8.80 Å². The molecule has 0 atom stereocenters. The molecule has 0 amide bonds. The van der Waals surface area contributed by atoms with E-state index in [0.717, 1.165) is 0 Å². The van der Waals surface area contributed by atoms with Gasteiger partial charge in [-0.05, 0) is 38.9 Å². The maximum Gasteiger partial charge on any atom is 0.0598 e. The number of hydrogen-bond acceptors (Lipinski definition) is 0. The van der Waals surface area contributed by atoms with E-state index in [1.807, 2.05) is 0 Å². The van der Waals surface area contributed by atoms with Crippen LogP contribution in [0.4, 0.5) is 0 Å². The van der Waals surface area contributed by atoms with Crippen molar-refractivity contribution in [3.8, 4) is 0 Å². The normalized spacial score (nSPS) is 12.9. The first kappa shape index (κ1) is 12.4. The molecule has 0 aliphatic rings. The van der Waals surface area contributed by atoms with Gasteiger partial charge < -0.3 is 0 Å². The van der Waals surface area contributed by atoms with Crippen LogP contribution in [0.25, 0.3) is 0 Å². The first-order valence-electron chi connectivity index (χ1n) is 5.02. The molecule has 1 heteroatoms. The molecule has 0 spiro atoms. The first-order valence-corrected chi connectivity index (χ1v) is 7.14. The van der Waals surface area contributed by atoms with Gasteiger partial charge in [-0.15, -0.1) is 0 Å². The molecule has 0 aromatic heterocycles. The number of hydrogen-bond donors (Lipinski definition) is 0. The third-order valence-corrected chi connectivity index (χ3v) is 4.37. The molecule has 0 heterocycles. The van der Waals surface area contributed by atoms with Crippen molar-refractivity contribution in [3.63, 3.8) is 0 Å². The SMILES string of the molecule is CC=CC[Si](CC=CC)CC=CC. The van der Waals surface area contributed by atoms with Crippen molar-refractivity contribution in [2.45, 2.75) is 38.9 Å². The van der Waals surface area contributed by atoms with Crippen molar-refractivity contribution in [2.24, 2.45) is 0 Å². The Morgan fingerprint density at radius 2 is 1.00 bits per heavy atom. The molecular formula is C12H21Si. The molecule has 0 unspecified atom stereocenters. The Labute approximate surface area is 84.7 Å². The number of allylic oxidation sites excluding steroid dienone is 6. The van der Waals surface area contributed by atoms with Crippen LogP contribution in [-0.4, -0.2) is 8.80 Å². The molecule has 0 aliphatic heterocycles. The van der Waals surface area contributed by atoms with E-state index >= 15 is 0 Å². The highest BCUT2D eigenvalue weighted by Crippen LogP contribution is 2.08. The van der Waals surface area contributed by atoms with Crippen LogP contribution in [0.5, 0.6) is 0 Å². The van der Waals surface area contributed by atoms with Crippen LogP contribution in [0.2, 0.25) is 18.1 Å². The quantitative estimate of drug-likeness (QED) is 0.438. The molecule has 0 rings (SSSR count). The van der Waals surface area contributed by atoms with Gasteiger partial charge in [0, 0.05) is 0 Å². The van der Waals surface area contributed by atoms with Crippen molar-refractivity contribution in [2.75, 3.05) is 0 Å². The summed E-state index contributed by atoms with van der Waals surface area (Å²) in [5, 5.41) is 0. The average Bonchev–Trinajstić information content (AvgIpc) is 2.17. The van der Waals surface area contributed by atoms with E-state index in [-0.39, 0.29) is 8.80 Å². The van der Waals surface area contributed by atoms with Crippen molar-refractivity contribution in [1.29, 1.82) is 0 Å². The minimum absolute atomic E-state index is 0.193. The highest BCUT2D eigenvalue weighted by Gasteiger charge is 2.04. The van der Waals surface area contributed by atoms with Gasteiger partial charge in [-0.3, -0.25) is 0 Å². The van der Waals surface area contributed by atoms with Crippen molar-refractivity contribution in [3.05, 3.63) is 36.5 Å². The topological polar surface area (TPSA) is 0 Å². The largest absolute Gasteiger partial charge is 0.0920 e. The fourth-order valence-electron chi connectivity index (χ4n) is 1.10. The smallest absolute Gasteiger partial charge is 0.0598 e. The van der Waals surface area contributed by atoms with Crippen LogP contribution in [0.1, 0.15) is 20.8 Å². The molecule has 0 nitrogen and oxygen atoms in total. The van der Waals surface area contributed by atoms with Gasteiger partial charge in [0.1, 0.15) is 0 Å². The second-order valence-corrected chi connectivity index (χ2v) is 5.79. The predicted octanol–water partition coefficient (Wildman–Crippen LogP) is 4.21. The summed E-state index contributed by atoms with van der Waals surface area (Å²) in [4.78, 5) is 0. The summed E-state index contributed by atoms with van der Waals surface area (Å²) in [7, 11) is -0.193. The molecule has 13 heavy (non-hydrogen) atoms. The maximum absolute atomic E-state index is 2.31. The molecule has 73 valence electrons. The zero-order valence-corrected chi connectivity index (χ0v) is 10.1. The first-order chi connectivity index (χ1) is 6.35. The van der Waals surface area contributed by atoms with Crippen molar-refractivity contribution < 1.29 is 0 Å². The molecule has 0 aromatic rings. The standard InChI is InChI=1S/C12H21Si/c1-4-7-10-13(11-8-5-2)12-9-6-3/h4-9H,10-12H2,1-3H3. The molecule has 0 aromatic carbocycles. The monoisotopic (exact) mass is 193 g/mol. The lowest BCUT2D eigenvalue weighted by Gasteiger charge is -2.06. The summed E-state index contributed by atoms with van der Waals surface area (Å²) in [6.07, 6.45) is 13.4. The Morgan fingerprint density at radius 3 is 1.23 bits per heavy atom. The van der Waals surface area contributed by atoms with Crippen LogP contribution in [0.15, 0.2) is 36.5 Å². The zero-order chi connectivity index (χ0) is 9.94. The molecular weight excluding hydrogens is 172 g/mol. The van der Waals surface area contributed by atoms with Gasteiger partial charge in [-0.25, -0.2) is 0 Å². The summed E-state index contributed by atoms with van der Waals surface area (Å²) < 4.78 is 0. The summed E-state index contributed by atoms with van der Waals surface area (Å²) in [6, 6.07) is 3.90. The van der Waals surface area contributed by atoms with Gasteiger partial charge in [0.2, 0.25) is 0 Å². The lowest BCUT2D eigenvalue weighted by molar-refractivity contribution is 1.41. The third-order valence-electron chi connectivity index (χ3n) is 1.93. The highest BCUT2D eigenvalue weighted by atomic mass is 28.3. The van der Waals surface area contributed by atoms with E-state index in [1.54, 1.807) is 0 Å². The van der Waals surface area contributed by atoms with Gasteiger partial charge in [-0.1, -0.05) is 36.5 Å².